The third-order valence-corrected chi connectivity index (χ3v) is 4.72. The number of benzene rings is 2. The molecule has 136 valence electrons. The highest BCUT2D eigenvalue weighted by Gasteiger charge is 2.41. The van der Waals surface area contributed by atoms with Gasteiger partial charge in [0.1, 0.15) is 5.69 Å². The van der Waals surface area contributed by atoms with Gasteiger partial charge >= 0.3 is 6.18 Å². The molecule has 1 aromatic heterocycles. The van der Waals surface area contributed by atoms with Gasteiger partial charge in [-0.3, -0.25) is 0 Å². The van der Waals surface area contributed by atoms with E-state index in [0.29, 0.717) is 10.6 Å². The Morgan fingerprint density at radius 3 is 2.00 bits per heavy atom. The van der Waals surface area contributed by atoms with Crippen molar-refractivity contribution in [3.8, 4) is 22.4 Å². The molecule has 0 bridgehead atoms. The van der Waals surface area contributed by atoms with Crippen LogP contribution in [-0.4, -0.2) is 13.6 Å². The first-order valence-corrected chi connectivity index (χ1v) is 8.96. The summed E-state index contributed by atoms with van der Waals surface area (Å²) in [5.41, 5.74) is 0.0910. The number of nitrogens with two attached hydrogens (primary N) is 1. The molecule has 0 fully saturated rings. The molecule has 0 unspecified atom stereocenters. The Balaban J connectivity index is 2.21. The van der Waals surface area contributed by atoms with Gasteiger partial charge in [0.15, 0.2) is 0 Å². The lowest BCUT2D eigenvalue weighted by atomic mass is 9.99. The number of aromatic nitrogens is 1. The summed E-state index contributed by atoms with van der Waals surface area (Å²) >= 11 is 5.80. The van der Waals surface area contributed by atoms with Crippen molar-refractivity contribution in [3.63, 3.8) is 0 Å². The highest BCUT2D eigenvalue weighted by molar-refractivity contribution is 7.89. The molecular weight excluding hydrogens is 393 g/mol. The van der Waals surface area contributed by atoms with Gasteiger partial charge in [-0.1, -0.05) is 41.0 Å². The van der Waals surface area contributed by atoms with Crippen LogP contribution in [0, 0.1) is 0 Å². The van der Waals surface area contributed by atoms with Gasteiger partial charge in [0, 0.05) is 10.6 Å². The average Bonchev–Trinajstić information content (AvgIpc) is 3.00. The van der Waals surface area contributed by atoms with Crippen LogP contribution in [0.15, 0.2) is 57.9 Å². The summed E-state index contributed by atoms with van der Waals surface area (Å²) in [5, 5.41) is 8.97. The van der Waals surface area contributed by atoms with E-state index in [-0.39, 0.29) is 21.7 Å². The number of halogens is 4. The van der Waals surface area contributed by atoms with E-state index in [0.717, 1.165) is 12.1 Å². The maximum absolute atomic E-state index is 13.3. The van der Waals surface area contributed by atoms with E-state index in [9.17, 15) is 21.6 Å². The predicted molar refractivity (Wildman–Crippen MR) is 88.8 cm³/mol. The molecule has 2 aromatic carbocycles. The third-order valence-electron chi connectivity index (χ3n) is 3.54. The molecule has 10 heteroatoms. The van der Waals surface area contributed by atoms with Crippen molar-refractivity contribution >= 4 is 21.6 Å². The van der Waals surface area contributed by atoms with Crippen molar-refractivity contribution in [2.75, 3.05) is 0 Å². The minimum atomic E-state index is -4.79. The number of primary sulfonamides is 1. The SMILES string of the molecule is NS(=O)(=O)c1ccc(-c2c(-c3ccc(Cl)cc3)noc2C(F)(F)F)cc1. The second-order valence-electron chi connectivity index (χ2n) is 5.31. The molecule has 3 rings (SSSR count). The van der Waals surface area contributed by atoms with Gasteiger partial charge in [0.05, 0.1) is 10.5 Å². The molecule has 0 aliphatic heterocycles. The van der Waals surface area contributed by atoms with E-state index >= 15 is 0 Å². The Hall–Kier alpha value is -2.36. The third kappa shape index (κ3) is 3.59. The molecule has 0 saturated carbocycles. The van der Waals surface area contributed by atoms with Crippen LogP contribution >= 0.6 is 11.6 Å². The second-order valence-corrected chi connectivity index (χ2v) is 7.31. The number of alkyl halides is 3. The van der Waals surface area contributed by atoms with Gasteiger partial charge in [-0.25, -0.2) is 13.6 Å². The summed E-state index contributed by atoms with van der Waals surface area (Å²) < 4.78 is 67.2. The molecule has 0 atom stereocenters. The highest BCUT2D eigenvalue weighted by atomic mass is 35.5. The van der Waals surface area contributed by atoms with Crippen LogP contribution in [-0.2, 0) is 16.2 Å². The summed E-state index contributed by atoms with van der Waals surface area (Å²) in [6.45, 7) is 0. The first kappa shape index (κ1) is 18.4. The summed E-state index contributed by atoms with van der Waals surface area (Å²) in [5.74, 6) is -1.29. The van der Waals surface area contributed by atoms with Crippen molar-refractivity contribution in [3.05, 3.63) is 59.3 Å². The van der Waals surface area contributed by atoms with Gasteiger partial charge in [-0.05, 0) is 29.8 Å². The number of rotatable bonds is 3. The van der Waals surface area contributed by atoms with Crippen molar-refractivity contribution < 1.29 is 26.1 Å². The van der Waals surface area contributed by atoms with E-state index in [2.05, 4.69) is 9.68 Å². The Labute approximate surface area is 151 Å². The minimum Gasteiger partial charge on any atom is -0.350 e. The van der Waals surface area contributed by atoms with Crippen LogP contribution in [0.1, 0.15) is 5.76 Å². The van der Waals surface area contributed by atoms with E-state index in [1.165, 1.54) is 36.4 Å². The number of hydrogen-bond donors (Lipinski definition) is 1. The Kier molecular flexibility index (Phi) is 4.55. The highest BCUT2D eigenvalue weighted by Crippen LogP contribution is 2.42. The van der Waals surface area contributed by atoms with Crippen molar-refractivity contribution in [2.24, 2.45) is 5.14 Å². The average molecular weight is 403 g/mol. The molecule has 0 aliphatic rings. The predicted octanol–water partition coefficient (Wildman–Crippen LogP) is 4.33. The quantitative estimate of drug-likeness (QED) is 0.706. The van der Waals surface area contributed by atoms with E-state index < -0.39 is 22.0 Å². The monoisotopic (exact) mass is 402 g/mol. The van der Waals surface area contributed by atoms with Crippen molar-refractivity contribution in [2.45, 2.75) is 11.1 Å². The summed E-state index contributed by atoms with van der Waals surface area (Å²) in [6.07, 6.45) is -4.79. The Bertz CT molecular complexity index is 1040. The van der Waals surface area contributed by atoms with E-state index in [4.69, 9.17) is 16.7 Å². The van der Waals surface area contributed by atoms with Gasteiger partial charge in [-0.2, -0.15) is 13.2 Å². The van der Waals surface area contributed by atoms with Gasteiger partial charge in [-0.15, -0.1) is 0 Å². The van der Waals surface area contributed by atoms with Crippen LogP contribution in [0.2, 0.25) is 5.02 Å². The Morgan fingerprint density at radius 2 is 1.50 bits per heavy atom. The Morgan fingerprint density at radius 1 is 0.962 bits per heavy atom. The number of nitrogens with zero attached hydrogens (tertiary/aromatic N) is 1. The lowest BCUT2D eigenvalue weighted by Crippen LogP contribution is -2.11. The maximum atomic E-state index is 13.3. The first-order chi connectivity index (χ1) is 12.1. The van der Waals surface area contributed by atoms with Crippen LogP contribution in [0.3, 0.4) is 0 Å². The molecule has 0 spiro atoms. The van der Waals surface area contributed by atoms with E-state index in [1.807, 2.05) is 0 Å². The van der Waals surface area contributed by atoms with Crippen LogP contribution in [0.5, 0.6) is 0 Å². The zero-order valence-electron chi connectivity index (χ0n) is 12.8. The second kappa shape index (κ2) is 6.42. The van der Waals surface area contributed by atoms with E-state index in [1.54, 1.807) is 0 Å². The standard InChI is InChI=1S/C16H10ClF3N2O3S/c17-11-5-1-10(2-6-11)14-13(15(25-22-14)16(18,19)20)9-3-7-12(8-4-9)26(21,23)24/h1-8H,(H2,21,23,24). The van der Waals surface area contributed by atoms with Gasteiger partial charge < -0.3 is 4.52 Å². The minimum absolute atomic E-state index is 0.0441. The molecular formula is C16H10ClF3N2O3S. The topological polar surface area (TPSA) is 86.2 Å². The zero-order chi connectivity index (χ0) is 19.1. The molecule has 2 N–H and O–H groups in total. The lowest BCUT2D eigenvalue weighted by Gasteiger charge is -2.08. The van der Waals surface area contributed by atoms with Crippen LogP contribution < -0.4 is 5.14 Å². The largest absolute Gasteiger partial charge is 0.453 e. The summed E-state index contributed by atoms with van der Waals surface area (Å²) in [6, 6.07) is 10.7. The first-order valence-electron chi connectivity index (χ1n) is 7.03. The fourth-order valence-electron chi connectivity index (χ4n) is 2.37. The van der Waals surface area contributed by atoms with Crippen molar-refractivity contribution in [1.29, 1.82) is 0 Å². The fraction of sp³-hybridized carbons (Fsp3) is 0.0625. The molecule has 0 aliphatic carbocycles. The molecule has 5 nitrogen and oxygen atoms in total. The van der Waals surface area contributed by atoms with Gasteiger partial charge in [0.25, 0.3) is 0 Å². The molecule has 1 heterocycles. The molecule has 0 amide bonds. The summed E-state index contributed by atoms with van der Waals surface area (Å²) in [7, 11) is -3.97. The number of hydrogen-bond acceptors (Lipinski definition) is 4. The van der Waals surface area contributed by atoms with Crippen LogP contribution in [0.25, 0.3) is 22.4 Å². The molecule has 3 aromatic rings. The van der Waals surface area contributed by atoms with Crippen LogP contribution in [0.4, 0.5) is 13.2 Å². The smallest absolute Gasteiger partial charge is 0.350 e. The van der Waals surface area contributed by atoms with Gasteiger partial charge in [0.2, 0.25) is 15.8 Å². The molecule has 0 saturated heterocycles. The summed E-state index contributed by atoms with van der Waals surface area (Å²) in [4.78, 5) is -0.223. The molecule has 26 heavy (non-hydrogen) atoms. The zero-order valence-corrected chi connectivity index (χ0v) is 14.4. The lowest BCUT2D eigenvalue weighted by molar-refractivity contribution is -0.154. The van der Waals surface area contributed by atoms with Crippen molar-refractivity contribution in [1.82, 2.24) is 5.16 Å². The number of sulfonamides is 1. The molecule has 0 radical (unpaired) electrons. The maximum Gasteiger partial charge on any atom is 0.453 e. The fourth-order valence-corrected chi connectivity index (χ4v) is 3.01. The normalized spacial score (nSPS) is 12.3.